The Hall–Kier alpha value is -0.710. The molecule has 0 aromatic heterocycles. The molecular formula is C7H6Cl2O4. The number of halogens is 2. The summed E-state index contributed by atoms with van der Waals surface area (Å²) in [4.78, 5) is 10.5. The molecule has 0 heterocycles. The second-order valence-electron chi connectivity index (χ2n) is 2.55. The summed E-state index contributed by atoms with van der Waals surface area (Å²) in [5.74, 6) is -3.15. The topological polar surface area (TPSA) is 77.8 Å². The lowest BCUT2D eigenvalue weighted by Gasteiger charge is -2.23. The zero-order valence-electron chi connectivity index (χ0n) is 6.24. The molecule has 0 amide bonds. The highest BCUT2D eigenvalue weighted by Gasteiger charge is 2.36. The molecule has 1 rings (SSSR count). The van der Waals surface area contributed by atoms with Crippen LogP contribution in [0.15, 0.2) is 22.9 Å². The first-order chi connectivity index (χ1) is 5.86. The zero-order chi connectivity index (χ0) is 10.2. The van der Waals surface area contributed by atoms with Crippen LogP contribution in [0, 0.1) is 5.92 Å². The van der Waals surface area contributed by atoms with Crippen LogP contribution in [-0.2, 0) is 4.79 Å². The molecule has 72 valence electrons. The third-order valence-electron chi connectivity index (χ3n) is 1.60. The number of hydrogen-bond donors (Lipinski definition) is 3. The highest BCUT2D eigenvalue weighted by atomic mass is 35.5. The quantitative estimate of drug-likeness (QED) is 0.462. The lowest BCUT2D eigenvalue weighted by molar-refractivity contribution is -0.139. The minimum absolute atomic E-state index is 0.482. The van der Waals surface area contributed by atoms with Crippen molar-refractivity contribution in [3.05, 3.63) is 22.9 Å². The van der Waals surface area contributed by atoms with Crippen LogP contribution in [-0.4, -0.2) is 26.3 Å². The van der Waals surface area contributed by atoms with Gasteiger partial charge in [0, 0.05) is 0 Å². The van der Waals surface area contributed by atoms with E-state index >= 15 is 0 Å². The van der Waals surface area contributed by atoms with E-state index in [1.807, 2.05) is 0 Å². The molecule has 0 fully saturated rings. The van der Waals surface area contributed by atoms with Crippen LogP contribution in [0.2, 0.25) is 0 Å². The largest absolute Gasteiger partial charge is 0.510 e. The number of aliphatic hydroxyl groups excluding tert-OH is 1. The van der Waals surface area contributed by atoms with Gasteiger partial charge in [-0.1, -0.05) is 29.3 Å². The standard InChI is InChI=1S/C7H6Cl2O4/c8-5-4(10)3(6(11)12)1-2-7(5,9)13/h1-3,10,13H,(H,11,12). The number of rotatable bonds is 1. The van der Waals surface area contributed by atoms with E-state index < -0.39 is 27.7 Å². The highest BCUT2D eigenvalue weighted by molar-refractivity contribution is 6.40. The van der Waals surface area contributed by atoms with Gasteiger partial charge in [-0.05, 0) is 6.08 Å². The van der Waals surface area contributed by atoms with Gasteiger partial charge in [-0.3, -0.25) is 4.79 Å². The number of hydrogen-bond acceptors (Lipinski definition) is 3. The molecule has 0 bridgehead atoms. The van der Waals surface area contributed by atoms with Crippen molar-refractivity contribution in [3.63, 3.8) is 0 Å². The number of carboxylic acid groups (broad SMARTS) is 1. The normalized spacial score (nSPS) is 33.6. The van der Waals surface area contributed by atoms with Gasteiger partial charge in [-0.2, -0.15) is 0 Å². The summed E-state index contributed by atoms with van der Waals surface area (Å²) in [5.41, 5.74) is 0. The van der Waals surface area contributed by atoms with Crippen LogP contribution in [0.25, 0.3) is 0 Å². The molecule has 2 unspecified atom stereocenters. The molecule has 0 spiro atoms. The summed E-state index contributed by atoms with van der Waals surface area (Å²) in [6, 6.07) is 0. The molecule has 0 saturated carbocycles. The Morgan fingerprint density at radius 2 is 2.15 bits per heavy atom. The monoisotopic (exact) mass is 224 g/mol. The van der Waals surface area contributed by atoms with Crippen molar-refractivity contribution >= 4 is 29.2 Å². The Morgan fingerprint density at radius 3 is 2.62 bits per heavy atom. The third kappa shape index (κ3) is 1.80. The Bertz CT molecular complexity index is 306. The molecule has 0 aliphatic heterocycles. The molecule has 0 saturated heterocycles. The molecule has 0 aromatic rings. The van der Waals surface area contributed by atoms with E-state index in [-0.39, 0.29) is 0 Å². The number of aliphatic carboxylic acids is 1. The summed E-state index contributed by atoms with van der Waals surface area (Å²) in [6.45, 7) is 0. The molecule has 0 aromatic carbocycles. The van der Waals surface area contributed by atoms with Crippen LogP contribution in [0.5, 0.6) is 0 Å². The molecule has 0 radical (unpaired) electrons. The predicted molar refractivity (Wildman–Crippen MR) is 46.6 cm³/mol. The highest BCUT2D eigenvalue weighted by Crippen LogP contribution is 2.36. The smallest absolute Gasteiger partial charge is 0.318 e. The Balaban J connectivity index is 3.09. The molecule has 13 heavy (non-hydrogen) atoms. The minimum atomic E-state index is -2.00. The zero-order valence-corrected chi connectivity index (χ0v) is 7.75. The lowest BCUT2D eigenvalue weighted by Crippen LogP contribution is -2.28. The van der Waals surface area contributed by atoms with E-state index in [4.69, 9.17) is 28.3 Å². The van der Waals surface area contributed by atoms with Crippen LogP contribution < -0.4 is 0 Å². The van der Waals surface area contributed by atoms with Crippen molar-refractivity contribution in [2.75, 3.05) is 0 Å². The van der Waals surface area contributed by atoms with Crippen LogP contribution >= 0.6 is 23.2 Å². The molecular weight excluding hydrogens is 219 g/mol. The van der Waals surface area contributed by atoms with E-state index in [0.29, 0.717) is 0 Å². The van der Waals surface area contributed by atoms with E-state index in [1.165, 1.54) is 0 Å². The van der Waals surface area contributed by atoms with E-state index in [9.17, 15) is 15.0 Å². The molecule has 2 atom stereocenters. The molecule has 3 N–H and O–H groups in total. The minimum Gasteiger partial charge on any atom is -0.510 e. The Morgan fingerprint density at radius 1 is 1.62 bits per heavy atom. The summed E-state index contributed by atoms with van der Waals surface area (Å²) in [6.07, 6.45) is 2.08. The second-order valence-corrected chi connectivity index (χ2v) is 3.50. The first-order valence-corrected chi connectivity index (χ1v) is 4.04. The number of aliphatic hydroxyl groups is 2. The fraction of sp³-hybridized carbons (Fsp3) is 0.286. The van der Waals surface area contributed by atoms with Gasteiger partial charge in [0.05, 0.1) is 0 Å². The molecule has 4 nitrogen and oxygen atoms in total. The maximum atomic E-state index is 10.5. The van der Waals surface area contributed by atoms with Crippen molar-refractivity contribution in [1.29, 1.82) is 0 Å². The van der Waals surface area contributed by atoms with Crippen LogP contribution in [0.1, 0.15) is 0 Å². The summed E-state index contributed by atoms with van der Waals surface area (Å²) in [7, 11) is 0. The summed E-state index contributed by atoms with van der Waals surface area (Å²) < 4.78 is 0. The number of carboxylic acids is 1. The van der Waals surface area contributed by atoms with E-state index in [0.717, 1.165) is 12.2 Å². The lowest BCUT2D eigenvalue weighted by atomic mass is 9.99. The van der Waals surface area contributed by atoms with Gasteiger partial charge in [0.25, 0.3) is 0 Å². The van der Waals surface area contributed by atoms with Crippen molar-refractivity contribution in [3.8, 4) is 0 Å². The van der Waals surface area contributed by atoms with Crippen LogP contribution in [0.3, 0.4) is 0 Å². The second kappa shape index (κ2) is 3.21. The SMILES string of the molecule is O=C(O)C1C=CC(O)(Cl)C(Cl)=C1O. The van der Waals surface area contributed by atoms with Gasteiger partial charge in [0.1, 0.15) is 16.7 Å². The number of carbonyl (C=O) groups is 1. The fourth-order valence-electron chi connectivity index (χ4n) is 0.903. The maximum absolute atomic E-state index is 10.5. The summed E-state index contributed by atoms with van der Waals surface area (Å²) >= 11 is 10.8. The van der Waals surface area contributed by atoms with Crippen molar-refractivity contribution in [1.82, 2.24) is 0 Å². The van der Waals surface area contributed by atoms with Gasteiger partial charge >= 0.3 is 5.97 Å². The fourth-order valence-corrected chi connectivity index (χ4v) is 1.25. The molecule has 1 aliphatic rings. The van der Waals surface area contributed by atoms with Crippen molar-refractivity contribution < 1.29 is 20.1 Å². The van der Waals surface area contributed by atoms with Gasteiger partial charge in [0.15, 0.2) is 5.06 Å². The van der Waals surface area contributed by atoms with Crippen molar-refractivity contribution in [2.45, 2.75) is 5.06 Å². The average molecular weight is 225 g/mol. The first kappa shape index (κ1) is 10.4. The Labute approximate surface area is 83.7 Å². The number of alkyl halides is 1. The predicted octanol–water partition coefficient (Wildman–Crippen LogP) is 1.19. The van der Waals surface area contributed by atoms with Gasteiger partial charge in [-0.25, -0.2) is 0 Å². The van der Waals surface area contributed by atoms with E-state index in [2.05, 4.69) is 0 Å². The van der Waals surface area contributed by atoms with Gasteiger partial charge in [-0.15, -0.1) is 0 Å². The third-order valence-corrected chi connectivity index (χ3v) is 2.50. The maximum Gasteiger partial charge on any atom is 0.318 e. The first-order valence-electron chi connectivity index (χ1n) is 3.29. The van der Waals surface area contributed by atoms with Crippen LogP contribution in [0.4, 0.5) is 0 Å². The Kier molecular flexibility index (Phi) is 2.56. The van der Waals surface area contributed by atoms with E-state index in [1.54, 1.807) is 0 Å². The van der Waals surface area contributed by atoms with Gasteiger partial charge in [0.2, 0.25) is 0 Å². The van der Waals surface area contributed by atoms with Gasteiger partial charge < -0.3 is 15.3 Å². The summed E-state index contributed by atoms with van der Waals surface area (Å²) in [5, 5.41) is 24.5. The molecule has 1 aliphatic carbocycles. The average Bonchev–Trinajstić information content (AvgIpc) is 2.00. The van der Waals surface area contributed by atoms with Crippen molar-refractivity contribution in [2.24, 2.45) is 5.92 Å². The molecule has 6 heteroatoms.